The molecule has 1 aliphatic heterocycles. The SMILES string of the molecule is COc1cccc2c(N3CCCC3(C)C(=O)O)nccc12. The summed E-state index contributed by atoms with van der Waals surface area (Å²) in [5.41, 5.74) is -0.898. The second-order valence-corrected chi connectivity index (χ2v) is 5.52. The summed E-state index contributed by atoms with van der Waals surface area (Å²) < 4.78 is 5.38. The molecule has 5 heteroatoms. The van der Waals surface area contributed by atoms with Crippen LogP contribution in [0.25, 0.3) is 10.8 Å². The molecule has 1 unspecified atom stereocenters. The van der Waals surface area contributed by atoms with Crippen molar-refractivity contribution in [2.24, 2.45) is 0 Å². The van der Waals surface area contributed by atoms with Crippen molar-refractivity contribution >= 4 is 22.6 Å². The summed E-state index contributed by atoms with van der Waals surface area (Å²) in [6, 6.07) is 7.65. The molecule has 0 aliphatic carbocycles. The van der Waals surface area contributed by atoms with Crippen LogP contribution in [0.1, 0.15) is 19.8 Å². The molecule has 1 aromatic heterocycles. The highest BCUT2D eigenvalue weighted by Crippen LogP contribution is 2.38. The molecule has 0 amide bonds. The summed E-state index contributed by atoms with van der Waals surface area (Å²) in [5.74, 6) is 0.683. The van der Waals surface area contributed by atoms with E-state index in [0.717, 1.165) is 22.9 Å². The molecular weight excluding hydrogens is 268 g/mol. The van der Waals surface area contributed by atoms with Gasteiger partial charge in [-0.3, -0.25) is 0 Å². The minimum absolute atomic E-state index is 0.629. The molecule has 2 heterocycles. The Morgan fingerprint density at radius 2 is 2.19 bits per heavy atom. The molecule has 1 aliphatic rings. The zero-order valence-electron chi connectivity index (χ0n) is 12.2. The zero-order chi connectivity index (χ0) is 15.0. The van der Waals surface area contributed by atoms with Gasteiger partial charge in [0.15, 0.2) is 0 Å². The van der Waals surface area contributed by atoms with Gasteiger partial charge in [0.2, 0.25) is 0 Å². The average molecular weight is 286 g/mol. The number of carboxylic acids is 1. The molecule has 1 aromatic carbocycles. The maximum Gasteiger partial charge on any atom is 0.329 e. The Bertz CT molecular complexity index is 701. The predicted octanol–water partition coefficient (Wildman–Crippen LogP) is 2.69. The number of benzene rings is 1. The topological polar surface area (TPSA) is 62.7 Å². The Morgan fingerprint density at radius 3 is 2.90 bits per heavy atom. The summed E-state index contributed by atoms with van der Waals surface area (Å²) in [6.07, 6.45) is 3.19. The largest absolute Gasteiger partial charge is 0.496 e. The fraction of sp³-hybridized carbons (Fsp3) is 0.375. The first-order chi connectivity index (χ1) is 10.1. The van der Waals surface area contributed by atoms with Crippen LogP contribution in [0.4, 0.5) is 5.82 Å². The molecular formula is C16H18N2O3. The van der Waals surface area contributed by atoms with Crippen LogP contribution in [0.5, 0.6) is 5.75 Å². The average Bonchev–Trinajstić information content (AvgIpc) is 2.89. The molecule has 110 valence electrons. The third-order valence-corrected chi connectivity index (χ3v) is 4.32. The summed E-state index contributed by atoms with van der Waals surface area (Å²) in [7, 11) is 1.63. The minimum atomic E-state index is -0.898. The molecule has 2 aromatic rings. The Labute approximate surface area is 123 Å². The lowest BCUT2D eigenvalue weighted by molar-refractivity contribution is -0.142. The molecule has 3 rings (SSSR count). The number of carboxylic acid groups (broad SMARTS) is 1. The lowest BCUT2D eigenvalue weighted by atomic mass is 9.98. The van der Waals surface area contributed by atoms with Gasteiger partial charge in [-0.15, -0.1) is 0 Å². The first-order valence-electron chi connectivity index (χ1n) is 7.00. The molecule has 5 nitrogen and oxygen atoms in total. The second-order valence-electron chi connectivity index (χ2n) is 5.52. The number of hydrogen-bond donors (Lipinski definition) is 1. The van der Waals surface area contributed by atoms with Crippen LogP contribution < -0.4 is 9.64 Å². The van der Waals surface area contributed by atoms with Crippen molar-refractivity contribution in [1.29, 1.82) is 0 Å². The maximum atomic E-state index is 11.7. The third-order valence-electron chi connectivity index (χ3n) is 4.32. The van der Waals surface area contributed by atoms with E-state index < -0.39 is 11.5 Å². The van der Waals surface area contributed by atoms with E-state index in [1.807, 2.05) is 29.2 Å². The van der Waals surface area contributed by atoms with E-state index in [0.29, 0.717) is 18.8 Å². The number of anilines is 1. The standard InChI is InChI=1S/C16H18N2O3/c1-16(15(19)20)8-4-10-18(16)14-12-5-3-6-13(21-2)11(12)7-9-17-14/h3,5-7,9H,4,8,10H2,1-2H3,(H,19,20). The van der Waals surface area contributed by atoms with Gasteiger partial charge in [0.05, 0.1) is 7.11 Å². The number of aromatic nitrogens is 1. The van der Waals surface area contributed by atoms with Crippen molar-refractivity contribution in [3.8, 4) is 5.75 Å². The van der Waals surface area contributed by atoms with Crippen molar-refractivity contribution in [1.82, 2.24) is 4.98 Å². The van der Waals surface area contributed by atoms with Crippen molar-refractivity contribution in [2.75, 3.05) is 18.6 Å². The lowest BCUT2D eigenvalue weighted by Crippen LogP contribution is -2.48. The van der Waals surface area contributed by atoms with Crippen LogP contribution in [-0.2, 0) is 4.79 Å². The fourth-order valence-corrected chi connectivity index (χ4v) is 3.08. The molecule has 1 saturated heterocycles. The van der Waals surface area contributed by atoms with Gasteiger partial charge in [0, 0.05) is 23.5 Å². The van der Waals surface area contributed by atoms with Crippen LogP contribution in [0.2, 0.25) is 0 Å². The summed E-state index contributed by atoms with van der Waals surface area (Å²) in [4.78, 5) is 18.0. The van der Waals surface area contributed by atoms with Crippen LogP contribution in [0.3, 0.4) is 0 Å². The van der Waals surface area contributed by atoms with E-state index in [1.54, 1.807) is 20.2 Å². The molecule has 1 N–H and O–H groups in total. The summed E-state index contributed by atoms with van der Waals surface area (Å²) >= 11 is 0. The third kappa shape index (κ3) is 2.00. The summed E-state index contributed by atoms with van der Waals surface area (Å²) in [5, 5.41) is 11.5. The summed E-state index contributed by atoms with van der Waals surface area (Å²) in [6.45, 7) is 2.47. The Morgan fingerprint density at radius 1 is 1.38 bits per heavy atom. The number of nitrogens with zero attached hydrogens (tertiary/aromatic N) is 2. The normalized spacial score (nSPS) is 21.7. The molecule has 0 bridgehead atoms. The van der Waals surface area contributed by atoms with Gasteiger partial charge < -0.3 is 14.7 Å². The molecule has 1 fully saturated rings. The van der Waals surface area contributed by atoms with E-state index in [1.165, 1.54) is 0 Å². The van der Waals surface area contributed by atoms with E-state index in [9.17, 15) is 9.90 Å². The van der Waals surface area contributed by atoms with E-state index in [2.05, 4.69) is 4.98 Å². The highest BCUT2D eigenvalue weighted by atomic mass is 16.5. The molecule has 0 radical (unpaired) electrons. The van der Waals surface area contributed by atoms with Crippen molar-refractivity contribution < 1.29 is 14.6 Å². The van der Waals surface area contributed by atoms with E-state index in [-0.39, 0.29) is 0 Å². The smallest absolute Gasteiger partial charge is 0.329 e. The van der Waals surface area contributed by atoms with Gasteiger partial charge in [-0.05, 0) is 31.9 Å². The van der Waals surface area contributed by atoms with Gasteiger partial charge in [0.1, 0.15) is 17.1 Å². The van der Waals surface area contributed by atoms with Crippen LogP contribution in [0, 0.1) is 0 Å². The van der Waals surface area contributed by atoms with Crippen molar-refractivity contribution in [3.05, 3.63) is 30.5 Å². The van der Waals surface area contributed by atoms with E-state index >= 15 is 0 Å². The Hall–Kier alpha value is -2.30. The quantitative estimate of drug-likeness (QED) is 0.940. The number of rotatable bonds is 3. The Balaban J connectivity index is 2.19. The Kier molecular flexibility index (Phi) is 3.20. The molecule has 0 spiro atoms. The number of carbonyl (C=O) groups is 1. The minimum Gasteiger partial charge on any atom is -0.496 e. The highest BCUT2D eigenvalue weighted by molar-refractivity contribution is 5.98. The van der Waals surface area contributed by atoms with Crippen molar-refractivity contribution in [3.63, 3.8) is 0 Å². The fourth-order valence-electron chi connectivity index (χ4n) is 3.08. The van der Waals surface area contributed by atoms with Crippen LogP contribution >= 0.6 is 0 Å². The van der Waals surface area contributed by atoms with Crippen LogP contribution in [0.15, 0.2) is 30.5 Å². The molecule has 1 atom stereocenters. The first kappa shape index (κ1) is 13.7. The number of ether oxygens (including phenoxy) is 1. The van der Waals surface area contributed by atoms with Crippen LogP contribution in [-0.4, -0.2) is 35.3 Å². The molecule has 0 saturated carbocycles. The number of pyridine rings is 1. The van der Waals surface area contributed by atoms with Gasteiger partial charge in [-0.2, -0.15) is 0 Å². The zero-order valence-corrected chi connectivity index (χ0v) is 12.2. The van der Waals surface area contributed by atoms with Gasteiger partial charge in [0.25, 0.3) is 0 Å². The van der Waals surface area contributed by atoms with Gasteiger partial charge in [-0.1, -0.05) is 12.1 Å². The predicted molar refractivity (Wildman–Crippen MR) is 80.9 cm³/mol. The number of fused-ring (bicyclic) bond motifs is 1. The molecule has 21 heavy (non-hydrogen) atoms. The number of aliphatic carboxylic acids is 1. The van der Waals surface area contributed by atoms with E-state index in [4.69, 9.17) is 4.74 Å². The number of hydrogen-bond acceptors (Lipinski definition) is 4. The first-order valence-corrected chi connectivity index (χ1v) is 7.00. The highest BCUT2D eigenvalue weighted by Gasteiger charge is 2.44. The monoisotopic (exact) mass is 286 g/mol. The number of methoxy groups -OCH3 is 1. The lowest BCUT2D eigenvalue weighted by Gasteiger charge is -2.33. The van der Waals surface area contributed by atoms with Gasteiger partial charge in [-0.25, -0.2) is 9.78 Å². The second kappa shape index (κ2) is 4.91. The van der Waals surface area contributed by atoms with Gasteiger partial charge >= 0.3 is 5.97 Å². The van der Waals surface area contributed by atoms with Crippen molar-refractivity contribution in [2.45, 2.75) is 25.3 Å². The maximum absolute atomic E-state index is 11.7.